The molecule has 1 aliphatic carbocycles. The minimum atomic E-state index is -2.95. The van der Waals surface area contributed by atoms with E-state index in [1.54, 1.807) is 0 Å². The molecule has 0 saturated heterocycles. The maximum atomic E-state index is 11.9. The van der Waals surface area contributed by atoms with Crippen LogP contribution in [0.4, 0.5) is 0 Å². The van der Waals surface area contributed by atoms with E-state index in [4.69, 9.17) is 4.42 Å². The first-order valence-electron chi connectivity index (χ1n) is 7.82. The Morgan fingerprint density at radius 2 is 2.10 bits per heavy atom. The van der Waals surface area contributed by atoms with Crippen molar-refractivity contribution in [3.63, 3.8) is 0 Å². The van der Waals surface area contributed by atoms with Gasteiger partial charge in [-0.1, -0.05) is 13.3 Å². The summed E-state index contributed by atoms with van der Waals surface area (Å²) in [5.74, 6) is 2.22. The molecule has 21 heavy (non-hydrogen) atoms. The standard InChI is InChI=1S/C16H27NO3S/c1-5-17-16(15-9-11(2)20-12(15)3)13-7-6-8-14(10-13)21(4,18)19/h9,13-14,16-17H,5-8,10H2,1-4H3. The van der Waals surface area contributed by atoms with Crippen LogP contribution in [-0.2, 0) is 9.84 Å². The number of aryl methyl sites for hydroxylation is 2. The molecule has 1 aromatic rings. The van der Waals surface area contributed by atoms with Gasteiger partial charge < -0.3 is 9.73 Å². The van der Waals surface area contributed by atoms with Crippen LogP contribution in [0.3, 0.4) is 0 Å². The molecule has 1 N–H and O–H groups in total. The Labute approximate surface area is 128 Å². The summed E-state index contributed by atoms with van der Waals surface area (Å²) in [6.07, 6.45) is 4.99. The summed E-state index contributed by atoms with van der Waals surface area (Å²) >= 11 is 0. The summed E-state index contributed by atoms with van der Waals surface area (Å²) in [6.45, 7) is 6.91. The molecule has 1 heterocycles. The summed E-state index contributed by atoms with van der Waals surface area (Å²) < 4.78 is 29.4. The molecule has 0 aliphatic heterocycles. The molecule has 5 heteroatoms. The Bertz CT molecular complexity index is 576. The largest absolute Gasteiger partial charge is 0.466 e. The zero-order valence-corrected chi connectivity index (χ0v) is 14.3. The summed E-state index contributed by atoms with van der Waals surface area (Å²) in [5, 5.41) is 3.35. The molecule has 1 fully saturated rings. The summed E-state index contributed by atoms with van der Waals surface area (Å²) in [5.41, 5.74) is 1.19. The second kappa shape index (κ2) is 6.53. The Balaban J connectivity index is 2.24. The van der Waals surface area contributed by atoms with Crippen molar-refractivity contribution in [2.45, 2.75) is 57.7 Å². The van der Waals surface area contributed by atoms with E-state index in [9.17, 15) is 8.42 Å². The van der Waals surface area contributed by atoms with Crippen LogP contribution in [0.15, 0.2) is 10.5 Å². The van der Waals surface area contributed by atoms with Crippen molar-refractivity contribution in [3.05, 3.63) is 23.2 Å². The van der Waals surface area contributed by atoms with Crippen LogP contribution in [-0.4, -0.2) is 26.5 Å². The van der Waals surface area contributed by atoms with Gasteiger partial charge in [-0.05, 0) is 51.6 Å². The maximum absolute atomic E-state index is 11.9. The molecule has 120 valence electrons. The van der Waals surface area contributed by atoms with Crippen molar-refractivity contribution >= 4 is 9.84 Å². The monoisotopic (exact) mass is 313 g/mol. The quantitative estimate of drug-likeness (QED) is 0.907. The van der Waals surface area contributed by atoms with Crippen LogP contribution in [0.25, 0.3) is 0 Å². The Kier molecular flexibility index (Phi) is 5.15. The average molecular weight is 313 g/mol. The van der Waals surface area contributed by atoms with Gasteiger partial charge in [-0.15, -0.1) is 0 Å². The van der Waals surface area contributed by atoms with Gasteiger partial charge in [0.2, 0.25) is 0 Å². The molecule has 2 rings (SSSR count). The highest BCUT2D eigenvalue weighted by molar-refractivity contribution is 7.91. The normalized spacial score (nSPS) is 25.0. The predicted molar refractivity (Wildman–Crippen MR) is 85.2 cm³/mol. The maximum Gasteiger partial charge on any atom is 0.150 e. The van der Waals surface area contributed by atoms with E-state index in [-0.39, 0.29) is 11.3 Å². The lowest BCUT2D eigenvalue weighted by molar-refractivity contribution is 0.273. The van der Waals surface area contributed by atoms with Crippen molar-refractivity contribution in [2.75, 3.05) is 12.8 Å². The summed E-state index contributed by atoms with van der Waals surface area (Å²) in [7, 11) is -2.95. The van der Waals surface area contributed by atoms with E-state index >= 15 is 0 Å². The van der Waals surface area contributed by atoms with Gasteiger partial charge in [-0.3, -0.25) is 0 Å². The molecule has 0 amide bonds. The van der Waals surface area contributed by atoms with Crippen molar-refractivity contribution in [2.24, 2.45) is 5.92 Å². The number of nitrogens with one attached hydrogen (secondary N) is 1. The number of hydrogen-bond acceptors (Lipinski definition) is 4. The van der Waals surface area contributed by atoms with E-state index < -0.39 is 9.84 Å². The SMILES string of the molecule is CCNC(c1cc(C)oc1C)C1CCCC(S(C)(=O)=O)C1. The summed E-state index contributed by atoms with van der Waals surface area (Å²) in [6, 6.07) is 2.28. The van der Waals surface area contributed by atoms with Crippen molar-refractivity contribution in [1.29, 1.82) is 0 Å². The lowest BCUT2D eigenvalue weighted by Crippen LogP contribution is -2.35. The second-order valence-corrected chi connectivity index (χ2v) is 8.61. The van der Waals surface area contributed by atoms with Crippen molar-refractivity contribution in [3.8, 4) is 0 Å². The average Bonchev–Trinajstić information content (AvgIpc) is 2.74. The molecule has 3 unspecified atom stereocenters. The van der Waals surface area contributed by atoms with Gasteiger partial charge in [-0.2, -0.15) is 0 Å². The van der Waals surface area contributed by atoms with Crippen LogP contribution in [0.5, 0.6) is 0 Å². The van der Waals surface area contributed by atoms with Crippen molar-refractivity contribution in [1.82, 2.24) is 5.32 Å². The third-order valence-corrected chi connectivity index (χ3v) is 6.22. The van der Waals surface area contributed by atoms with Crippen LogP contribution in [0.2, 0.25) is 0 Å². The molecule has 0 radical (unpaired) electrons. The number of hydrogen-bond donors (Lipinski definition) is 1. The van der Waals surface area contributed by atoms with Crippen molar-refractivity contribution < 1.29 is 12.8 Å². The first-order chi connectivity index (χ1) is 9.82. The molecule has 4 nitrogen and oxygen atoms in total. The van der Waals surface area contributed by atoms with E-state index in [2.05, 4.69) is 18.3 Å². The smallest absolute Gasteiger partial charge is 0.150 e. The zero-order valence-electron chi connectivity index (χ0n) is 13.5. The molecule has 1 aliphatic rings. The third kappa shape index (κ3) is 3.89. The Hall–Kier alpha value is -0.810. The van der Waals surface area contributed by atoms with Gasteiger partial charge in [0.15, 0.2) is 0 Å². The highest BCUT2D eigenvalue weighted by Gasteiger charge is 2.34. The molecule has 1 saturated carbocycles. The van der Waals surface area contributed by atoms with Crippen LogP contribution < -0.4 is 5.32 Å². The molecule has 0 spiro atoms. The van der Waals surface area contributed by atoms with Gasteiger partial charge in [0.1, 0.15) is 21.4 Å². The first kappa shape index (κ1) is 16.6. The molecular weight excluding hydrogens is 286 g/mol. The highest BCUT2D eigenvalue weighted by Crippen LogP contribution is 2.38. The fourth-order valence-corrected chi connectivity index (χ4v) is 4.77. The predicted octanol–water partition coefficient (Wildman–Crippen LogP) is 3.15. The number of rotatable bonds is 5. The van der Waals surface area contributed by atoms with E-state index in [1.165, 1.54) is 11.8 Å². The van der Waals surface area contributed by atoms with E-state index in [0.717, 1.165) is 43.7 Å². The molecule has 1 aromatic heterocycles. The molecule has 3 atom stereocenters. The van der Waals surface area contributed by atoms with Gasteiger partial charge in [0.05, 0.1) is 5.25 Å². The first-order valence-corrected chi connectivity index (χ1v) is 9.77. The topological polar surface area (TPSA) is 59.3 Å². The Morgan fingerprint density at radius 1 is 1.38 bits per heavy atom. The lowest BCUT2D eigenvalue weighted by Gasteiger charge is -2.34. The number of sulfone groups is 1. The molecule has 0 bridgehead atoms. The minimum absolute atomic E-state index is 0.189. The lowest BCUT2D eigenvalue weighted by atomic mass is 9.80. The summed E-state index contributed by atoms with van der Waals surface area (Å²) in [4.78, 5) is 0. The van der Waals surface area contributed by atoms with Gasteiger partial charge in [0, 0.05) is 17.9 Å². The van der Waals surface area contributed by atoms with E-state index in [1.807, 2.05) is 13.8 Å². The fraction of sp³-hybridized carbons (Fsp3) is 0.750. The fourth-order valence-electron chi connectivity index (χ4n) is 3.58. The highest BCUT2D eigenvalue weighted by atomic mass is 32.2. The van der Waals surface area contributed by atoms with Crippen LogP contribution in [0, 0.1) is 19.8 Å². The van der Waals surface area contributed by atoms with Crippen LogP contribution >= 0.6 is 0 Å². The Morgan fingerprint density at radius 3 is 2.62 bits per heavy atom. The van der Waals surface area contributed by atoms with Crippen LogP contribution in [0.1, 0.15) is 55.7 Å². The second-order valence-electron chi connectivity index (χ2n) is 6.28. The van der Waals surface area contributed by atoms with Gasteiger partial charge in [-0.25, -0.2) is 8.42 Å². The van der Waals surface area contributed by atoms with Gasteiger partial charge >= 0.3 is 0 Å². The minimum Gasteiger partial charge on any atom is -0.466 e. The third-order valence-electron chi connectivity index (χ3n) is 4.58. The zero-order chi connectivity index (χ0) is 15.6. The van der Waals surface area contributed by atoms with E-state index in [0.29, 0.717) is 5.92 Å². The van der Waals surface area contributed by atoms with Gasteiger partial charge in [0.25, 0.3) is 0 Å². The molecule has 0 aromatic carbocycles. The number of furan rings is 1. The molecular formula is C16H27NO3S.